The van der Waals surface area contributed by atoms with Gasteiger partial charge in [-0.2, -0.15) is 0 Å². The third kappa shape index (κ3) is 4.24. The van der Waals surface area contributed by atoms with Crippen molar-refractivity contribution in [3.63, 3.8) is 0 Å². The Morgan fingerprint density at radius 1 is 1.05 bits per heavy atom. The highest BCUT2D eigenvalue weighted by Gasteiger charge is 2.27. The number of hydrogen-bond donors (Lipinski definition) is 1. The third-order valence-electron chi connectivity index (χ3n) is 4.36. The lowest BCUT2D eigenvalue weighted by Gasteiger charge is -2.38. The van der Waals surface area contributed by atoms with Gasteiger partial charge in [0, 0.05) is 25.3 Å². The van der Waals surface area contributed by atoms with Crippen LogP contribution < -0.4 is 10.2 Å². The van der Waals surface area contributed by atoms with Crippen molar-refractivity contribution in [2.24, 2.45) is 5.41 Å². The van der Waals surface area contributed by atoms with E-state index in [-0.39, 0.29) is 0 Å². The molecule has 0 saturated carbocycles. The van der Waals surface area contributed by atoms with Crippen molar-refractivity contribution in [1.29, 1.82) is 0 Å². The molecule has 1 aromatic rings. The average Bonchev–Trinajstić information content (AvgIpc) is 2.45. The Morgan fingerprint density at radius 3 is 2.05 bits per heavy atom. The standard InChI is InChI=1S/C17H30N2/c1-6-17(7-2,13-18-5)14-19(8-3)16-11-9-15(4)10-12-16/h9-12,18H,6-8,13-14H2,1-5H3. The van der Waals surface area contributed by atoms with Gasteiger partial charge in [-0.1, -0.05) is 31.5 Å². The van der Waals surface area contributed by atoms with Crippen LogP contribution in [-0.2, 0) is 0 Å². The molecule has 0 aliphatic carbocycles. The van der Waals surface area contributed by atoms with Gasteiger partial charge in [0.25, 0.3) is 0 Å². The molecule has 108 valence electrons. The zero-order chi connectivity index (χ0) is 14.3. The van der Waals surface area contributed by atoms with Gasteiger partial charge in [-0.25, -0.2) is 0 Å². The van der Waals surface area contributed by atoms with Gasteiger partial charge in [0.2, 0.25) is 0 Å². The fraction of sp³-hybridized carbons (Fsp3) is 0.647. The molecule has 1 rings (SSSR count). The first-order valence-corrected chi connectivity index (χ1v) is 7.57. The predicted octanol–water partition coefficient (Wildman–Crippen LogP) is 3.85. The van der Waals surface area contributed by atoms with Crippen molar-refractivity contribution in [2.75, 3.05) is 31.6 Å². The van der Waals surface area contributed by atoms with Crippen LogP contribution in [0.3, 0.4) is 0 Å². The lowest BCUT2D eigenvalue weighted by Crippen LogP contribution is -2.43. The maximum atomic E-state index is 3.37. The quantitative estimate of drug-likeness (QED) is 0.765. The highest BCUT2D eigenvalue weighted by atomic mass is 15.1. The molecule has 0 unspecified atom stereocenters. The molecule has 19 heavy (non-hydrogen) atoms. The van der Waals surface area contributed by atoms with Gasteiger partial charge in [-0.15, -0.1) is 0 Å². The summed E-state index contributed by atoms with van der Waals surface area (Å²) >= 11 is 0. The highest BCUT2D eigenvalue weighted by molar-refractivity contribution is 5.47. The van der Waals surface area contributed by atoms with Crippen molar-refractivity contribution in [3.05, 3.63) is 29.8 Å². The van der Waals surface area contributed by atoms with Crippen molar-refractivity contribution in [2.45, 2.75) is 40.5 Å². The second-order valence-electron chi connectivity index (χ2n) is 5.59. The largest absolute Gasteiger partial charge is 0.371 e. The van der Waals surface area contributed by atoms with Crippen LogP contribution in [0.15, 0.2) is 24.3 Å². The topological polar surface area (TPSA) is 15.3 Å². The maximum absolute atomic E-state index is 3.37. The maximum Gasteiger partial charge on any atom is 0.0366 e. The first-order valence-electron chi connectivity index (χ1n) is 7.57. The number of aryl methyl sites for hydroxylation is 1. The molecule has 0 radical (unpaired) electrons. The summed E-state index contributed by atoms with van der Waals surface area (Å²) < 4.78 is 0. The van der Waals surface area contributed by atoms with Gasteiger partial charge in [0.1, 0.15) is 0 Å². The van der Waals surface area contributed by atoms with Crippen LogP contribution in [0.2, 0.25) is 0 Å². The summed E-state index contributed by atoms with van der Waals surface area (Å²) in [5, 5.41) is 3.37. The molecule has 0 heterocycles. The zero-order valence-electron chi connectivity index (χ0n) is 13.3. The Bertz CT molecular complexity index is 352. The molecular formula is C17H30N2. The van der Waals surface area contributed by atoms with E-state index in [1.54, 1.807) is 0 Å². The Hall–Kier alpha value is -1.02. The van der Waals surface area contributed by atoms with E-state index in [2.05, 4.69) is 69.2 Å². The summed E-state index contributed by atoms with van der Waals surface area (Å²) in [5.74, 6) is 0. The summed E-state index contributed by atoms with van der Waals surface area (Å²) in [6, 6.07) is 8.90. The van der Waals surface area contributed by atoms with Gasteiger partial charge in [0.05, 0.1) is 0 Å². The minimum atomic E-state index is 0.371. The second-order valence-corrected chi connectivity index (χ2v) is 5.59. The predicted molar refractivity (Wildman–Crippen MR) is 86.0 cm³/mol. The molecule has 0 spiro atoms. The Labute approximate surface area is 119 Å². The minimum absolute atomic E-state index is 0.371. The fourth-order valence-electron chi connectivity index (χ4n) is 2.70. The van der Waals surface area contributed by atoms with Crippen molar-refractivity contribution < 1.29 is 0 Å². The number of anilines is 1. The summed E-state index contributed by atoms with van der Waals surface area (Å²) in [6.07, 6.45) is 2.43. The molecule has 1 aromatic carbocycles. The first-order chi connectivity index (χ1) is 9.10. The van der Waals surface area contributed by atoms with Gasteiger partial charge < -0.3 is 10.2 Å². The van der Waals surface area contributed by atoms with Crippen LogP contribution in [0.25, 0.3) is 0 Å². The number of benzene rings is 1. The van der Waals surface area contributed by atoms with E-state index in [4.69, 9.17) is 0 Å². The molecule has 2 nitrogen and oxygen atoms in total. The van der Waals surface area contributed by atoms with Crippen molar-refractivity contribution in [1.82, 2.24) is 5.32 Å². The second kappa shape index (κ2) is 7.54. The summed E-state index contributed by atoms with van der Waals surface area (Å²) in [7, 11) is 2.06. The number of hydrogen-bond acceptors (Lipinski definition) is 2. The summed E-state index contributed by atoms with van der Waals surface area (Å²) in [6.45, 7) is 12.3. The molecule has 0 bridgehead atoms. The van der Waals surface area contributed by atoms with E-state index in [9.17, 15) is 0 Å². The van der Waals surface area contributed by atoms with E-state index >= 15 is 0 Å². The van der Waals surface area contributed by atoms with Crippen LogP contribution in [-0.4, -0.2) is 26.7 Å². The zero-order valence-corrected chi connectivity index (χ0v) is 13.3. The van der Waals surface area contributed by atoms with E-state index in [1.165, 1.54) is 24.1 Å². The normalized spacial score (nSPS) is 11.6. The van der Waals surface area contributed by atoms with E-state index in [0.717, 1.165) is 19.6 Å². The molecule has 0 amide bonds. The number of nitrogens with one attached hydrogen (secondary N) is 1. The Balaban J connectivity index is 2.87. The molecule has 1 N–H and O–H groups in total. The molecule has 2 heteroatoms. The van der Waals surface area contributed by atoms with Gasteiger partial charge in [-0.05, 0) is 51.3 Å². The van der Waals surface area contributed by atoms with Crippen LogP contribution >= 0.6 is 0 Å². The fourth-order valence-corrected chi connectivity index (χ4v) is 2.70. The Kier molecular flexibility index (Phi) is 6.36. The summed E-state index contributed by atoms with van der Waals surface area (Å²) in [5.41, 5.74) is 3.04. The van der Waals surface area contributed by atoms with Crippen molar-refractivity contribution >= 4 is 5.69 Å². The molecule has 0 saturated heterocycles. The molecule has 0 fully saturated rings. The number of rotatable bonds is 8. The van der Waals surface area contributed by atoms with Gasteiger partial charge in [-0.3, -0.25) is 0 Å². The first kappa shape index (κ1) is 16.0. The monoisotopic (exact) mass is 262 g/mol. The lowest BCUT2D eigenvalue weighted by molar-refractivity contribution is 0.260. The van der Waals surface area contributed by atoms with E-state index in [1.807, 2.05) is 0 Å². The molecule has 0 atom stereocenters. The van der Waals surface area contributed by atoms with E-state index < -0.39 is 0 Å². The number of nitrogens with zero attached hydrogens (tertiary/aromatic N) is 1. The molecule has 0 aliphatic rings. The molecule has 0 aromatic heterocycles. The smallest absolute Gasteiger partial charge is 0.0366 e. The van der Waals surface area contributed by atoms with Crippen molar-refractivity contribution in [3.8, 4) is 0 Å². The Morgan fingerprint density at radius 2 is 1.63 bits per heavy atom. The van der Waals surface area contributed by atoms with Gasteiger partial charge in [0.15, 0.2) is 0 Å². The van der Waals surface area contributed by atoms with Crippen LogP contribution in [0.5, 0.6) is 0 Å². The van der Waals surface area contributed by atoms with Crippen LogP contribution in [0.1, 0.15) is 39.2 Å². The molecule has 0 aliphatic heterocycles. The summed E-state index contributed by atoms with van der Waals surface area (Å²) in [4.78, 5) is 2.50. The SMILES string of the molecule is CCN(CC(CC)(CC)CNC)c1ccc(C)cc1. The highest BCUT2D eigenvalue weighted by Crippen LogP contribution is 2.29. The van der Waals surface area contributed by atoms with Crippen LogP contribution in [0.4, 0.5) is 5.69 Å². The molecular weight excluding hydrogens is 232 g/mol. The van der Waals surface area contributed by atoms with Gasteiger partial charge >= 0.3 is 0 Å². The third-order valence-corrected chi connectivity index (χ3v) is 4.36. The average molecular weight is 262 g/mol. The lowest BCUT2D eigenvalue weighted by atomic mass is 9.81. The minimum Gasteiger partial charge on any atom is -0.371 e. The van der Waals surface area contributed by atoms with Crippen LogP contribution in [0, 0.1) is 12.3 Å². The van der Waals surface area contributed by atoms with E-state index in [0.29, 0.717) is 5.41 Å².